The van der Waals surface area contributed by atoms with Gasteiger partial charge in [0, 0.05) is 24.2 Å². The normalized spacial score (nSPS) is 16.5. The highest BCUT2D eigenvalue weighted by Crippen LogP contribution is 2.21. The zero-order valence-corrected chi connectivity index (χ0v) is 11.3. The van der Waals surface area contributed by atoms with Gasteiger partial charge in [-0.2, -0.15) is 0 Å². The number of nitrogens with one attached hydrogen (secondary N) is 2. The summed E-state index contributed by atoms with van der Waals surface area (Å²) in [7, 11) is 0. The molecule has 18 heavy (non-hydrogen) atoms. The van der Waals surface area contributed by atoms with E-state index >= 15 is 0 Å². The second-order valence-corrected chi connectivity index (χ2v) is 5.36. The van der Waals surface area contributed by atoms with Gasteiger partial charge in [0.25, 0.3) is 0 Å². The first-order valence-electron chi connectivity index (χ1n) is 6.34. The van der Waals surface area contributed by atoms with E-state index in [-0.39, 0.29) is 12.0 Å². The zero-order valence-electron chi connectivity index (χ0n) is 10.5. The van der Waals surface area contributed by atoms with Crippen LogP contribution in [0.15, 0.2) is 17.6 Å². The minimum atomic E-state index is -0.181. The number of carbonyl (C=O) groups excluding carboxylic acids is 1. The molecule has 1 fully saturated rings. The third-order valence-electron chi connectivity index (χ3n) is 2.70. The number of hydrogen-bond acceptors (Lipinski definition) is 5. The molecule has 100 valence electrons. The Morgan fingerprint density at radius 2 is 2.56 bits per heavy atom. The third-order valence-corrected chi connectivity index (χ3v) is 3.64. The standard InChI is InChI=1S/C12H19N3O2S/c1-2-17-11(16)10(15-9-3-4-9)5-8-18-12-13-6-7-14-12/h6-7,9-10,15H,2-5,8H2,1H3,(H,13,14). The largest absolute Gasteiger partial charge is 0.465 e. The fourth-order valence-corrected chi connectivity index (χ4v) is 2.48. The number of nitrogens with zero attached hydrogens (tertiary/aromatic N) is 1. The Kier molecular flexibility index (Phi) is 5.07. The number of aromatic amines is 1. The second kappa shape index (κ2) is 6.80. The lowest BCUT2D eigenvalue weighted by molar-refractivity contribution is -0.145. The van der Waals surface area contributed by atoms with E-state index in [1.807, 2.05) is 6.92 Å². The van der Waals surface area contributed by atoms with E-state index in [1.54, 1.807) is 24.2 Å². The van der Waals surface area contributed by atoms with Crippen LogP contribution in [0.25, 0.3) is 0 Å². The lowest BCUT2D eigenvalue weighted by Crippen LogP contribution is -2.39. The topological polar surface area (TPSA) is 67.0 Å². The summed E-state index contributed by atoms with van der Waals surface area (Å²) in [6, 6.07) is 0.327. The number of H-pyrrole nitrogens is 1. The first-order valence-corrected chi connectivity index (χ1v) is 7.33. The molecule has 5 nitrogen and oxygen atoms in total. The van der Waals surface area contributed by atoms with Gasteiger partial charge >= 0.3 is 5.97 Å². The van der Waals surface area contributed by atoms with Crippen molar-refractivity contribution in [1.29, 1.82) is 0 Å². The van der Waals surface area contributed by atoms with Crippen LogP contribution in [0.2, 0.25) is 0 Å². The molecule has 0 radical (unpaired) electrons. The second-order valence-electron chi connectivity index (χ2n) is 4.28. The summed E-state index contributed by atoms with van der Waals surface area (Å²) in [5.74, 6) is 0.709. The number of hydrogen-bond donors (Lipinski definition) is 2. The maximum Gasteiger partial charge on any atom is 0.323 e. The Morgan fingerprint density at radius 1 is 1.72 bits per heavy atom. The molecule has 0 spiro atoms. The number of ether oxygens (including phenoxy) is 1. The van der Waals surface area contributed by atoms with Crippen LogP contribution in [0.5, 0.6) is 0 Å². The predicted molar refractivity (Wildman–Crippen MR) is 70.5 cm³/mol. The first kappa shape index (κ1) is 13.4. The molecule has 0 aliphatic heterocycles. The summed E-state index contributed by atoms with van der Waals surface area (Å²) in [6.45, 7) is 2.27. The van der Waals surface area contributed by atoms with Crippen LogP contribution in [0.4, 0.5) is 0 Å². The molecule has 2 rings (SSSR count). The summed E-state index contributed by atoms with van der Waals surface area (Å²) in [5, 5.41) is 4.23. The highest BCUT2D eigenvalue weighted by Gasteiger charge is 2.28. The van der Waals surface area contributed by atoms with Gasteiger partial charge < -0.3 is 15.0 Å². The highest BCUT2D eigenvalue weighted by molar-refractivity contribution is 7.99. The summed E-state index contributed by atoms with van der Waals surface area (Å²) >= 11 is 1.62. The van der Waals surface area contributed by atoms with Gasteiger partial charge in [-0.25, -0.2) is 4.98 Å². The van der Waals surface area contributed by atoms with Crippen molar-refractivity contribution in [3.8, 4) is 0 Å². The lowest BCUT2D eigenvalue weighted by Gasteiger charge is -2.16. The Bertz CT molecular complexity index is 365. The average molecular weight is 269 g/mol. The van der Waals surface area contributed by atoms with Gasteiger partial charge in [0.2, 0.25) is 0 Å². The first-order chi connectivity index (χ1) is 8.79. The summed E-state index contributed by atoms with van der Waals surface area (Å²) in [5.41, 5.74) is 0. The van der Waals surface area contributed by atoms with Gasteiger partial charge in [-0.05, 0) is 26.2 Å². The van der Waals surface area contributed by atoms with Gasteiger partial charge in [0.05, 0.1) is 6.61 Å². The summed E-state index contributed by atoms with van der Waals surface area (Å²) in [4.78, 5) is 19.0. The van der Waals surface area contributed by atoms with E-state index in [1.165, 1.54) is 12.8 Å². The number of thioether (sulfide) groups is 1. The lowest BCUT2D eigenvalue weighted by atomic mass is 10.2. The molecule has 1 heterocycles. The molecule has 2 N–H and O–H groups in total. The smallest absolute Gasteiger partial charge is 0.323 e. The van der Waals surface area contributed by atoms with Gasteiger partial charge in [0.1, 0.15) is 6.04 Å². The van der Waals surface area contributed by atoms with E-state index in [0.717, 1.165) is 17.3 Å². The molecule has 1 aliphatic rings. The predicted octanol–water partition coefficient (Wildman–Crippen LogP) is 1.58. The van der Waals surface area contributed by atoms with Crippen molar-refractivity contribution in [3.05, 3.63) is 12.4 Å². The molecule has 0 bridgehead atoms. The molecule has 1 atom stereocenters. The van der Waals surface area contributed by atoms with Crippen molar-refractivity contribution in [2.75, 3.05) is 12.4 Å². The van der Waals surface area contributed by atoms with Crippen LogP contribution in [0, 0.1) is 0 Å². The maximum atomic E-state index is 11.8. The fourth-order valence-electron chi connectivity index (χ4n) is 1.65. The summed E-state index contributed by atoms with van der Waals surface area (Å²) in [6.07, 6.45) is 6.63. The molecule has 1 aromatic rings. The molecule has 6 heteroatoms. The Morgan fingerprint density at radius 3 is 3.17 bits per heavy atom. The fraction of sp³-hybridized carbons (Fsp3) is 0.667. The van der Waals surface area contributed by atoms with E-state index in [2.05, 4.69) is 15.3 Å². The number of rotatable bonds is 8. The molecular weight excluding hydrogens is 250 g/mol. The van der Waals surface area contributed by atoms with Crippen LogP contribution in [0.3, 0.4) is 0 Å². The van der Waals surface area contributed by atoms with Crippen LogP contribution < -0.4 is 5.32 Å². The molecule has 1 aliphatic carbocycles. The summed E-state index contributed by atoms with van der Waals surface area (Å²) < 4.78 is 5.09. The molecule has 0 saturated heterocycles. The quantitative estimate of drug-likeness (QED) is 0.554. The van der Waals surface area contributed by atoms with Gasteiger partial charge in [0.15, 0.2) is 5.16 Å². The average Bonchev–Trinajstić information content (AvgIpc) is 3.02. The monoisotopic (exact) mass is 269 g/mol. The van der Waals surface area contributed by atoms with Crippen molar-refractivity contribution in [1.82, 2.24) is 15.3 Å². The molecule has 0 amide bonds. The molecular formula is C12H19N3O2S. The SMILES string of the molecule is CCOC(=O)C(CCSc1ncc[nH]1)NC1CC1. The molecule has 1 unspecified atom stereocenters. The van der Waals surface area contributed by atoms with E-state index in [0.29, 0.717) is 12.6 Å². The number of aromatic nitrogens is 2. The van der Waals surface area contributed by atoms with Crippen LogP contribution in [-0.2, 0) is 9.53 Å². The van der Waals surface area contributed by atoms with E-state index in [4.69, 9.17) is 4.74 Å². The minimum absolute atomic E-state index is 0.135. The molecule has 1 saturated carbocycles. The third kappa shape index (κ3) is 4.34. The van der Waals surface area contributed by atoms with Crippen molar-refractivity contribution in [2.24, 2.45) is 0 Å². The van der Waals surface area contributed by atoms with Crippen molar-refractivity contribution in [2.45, 2.75) is 43.4 Å². The minimum Gasteiger partial charge on any atom is -0.465 e. The van der Waals surface area contributed by atoms with Crippen molar-refractivity contribution < 1.29 is 9.53 Å². The maximum absolute atomic E-state index is 11.8. The number of carbonyl (C=O) groups is 1. The van der Waals surface area contributed by atoms with Crippen molar-refractivity contribution in [3.63, 3.8) is 0 Å². The molecule has 1 aromatic heterocycles. The molecule has 0 aromatic carbocycles. The Hall–Kier alpha value is -1.01. The van der Waals surface area contributed by atoms with Crippen LogP contribution >= 0.6 is 11.8 Å². The van der Waals surface area contributed by atoms with Gasteiger partial charge in [-0.1, -0.05) is 11.8 Å². The number of esters is 1. The Labute approximate surface area is 111 Å². The van der Waals surface area contributed by atoms with Gasteiger partial charge in [-0.15, -0.1) is 0 Å². The van der Waals surface area contributed by atoms with Crippen LogP contribution in [0.1, 0.15) is 26.2 Å². The zero-order chi connectivity index (χ0) is 12.8. The highest BCUT2D eigenvalue weighted by atomic mass is 32.2. The van der Waals surface area contributed by atoms with Gasteiger partial charge in [-0.3, -0.25) is 4.79 Å². The van der Waals surface area contributed by atoms with E-state index < -0.39 is 0 Å². The number of imidazole rings is 1. The van der Waals surface area contributed by atoms with E-state index in [9.17, 15) is 4.79 Å². The Balaban J connectivity index is 1.74. The van der Waals surface area contributed by atoms with Crippen LogP contribution in [-0.4, -0.2) is 40.4 Å². The van der Waals surface area contributed by atoms with Crippen molar-refractivity contribution >= 4 is 17.7 Å².